The summed E-state index contributed by atoms with van der Waals surface area (Å²) in [4.78, 5) is 28.5. The first-order valence-corrected chi connectivity index (χ1v) is 15.6. The summed E-state index contributed by atoms with van der Waals surface area (Å²) in [7, 11) is -1.71. The Labute approximate surface area is 202 Å². The highest BCUT2D eigenvalue weighted by Crippen LogP contribution is 2.56. The molecule has 1 aliphatic heterocycles. The Morgan fingerprint density at radius 1 is 1.21 bits per heavy atom. The zero-order chi connectivity index (χ0) is 24.7. The van der Waals surface area contributed by atoms with Gasteiger partial charge in [-0.1, -0.05) is 56.4 Å². The van der Waals surface area contributed by atoms with Crippen LogP contribution in [0.2, 0.25) is 24.7 Å². The molecule has 9 heteroatoms. The number of hydrogen-bond acceptors (Lipinski definition) is 4. The maximum absolute atomic E-state index is 13.4. The molecule has 0 saturated heterocycles. The number of aromatic amines is 1. The van der Waals surface area contributed by atoms with Gasteiger partial charge in [0.2, 0.25) is 5.91 Å². The number of nitrogens with zero attached hydrogens (tertiary/aromatic N) is 2. The van der Waals surface area contributed by atoms with Crippen molar-refractivity contribution in [3.63, 3.8) is 0 Å². The number of benzene rings is 1. The first kappa shape index (κ1) is 24.5. The van der Waals surface area contributed by atoms with E-state index >= 15 is 0 Å². The summed E-state index contributed by atoms with van der Waals surface area (Å²) < 4.78 is 0. The third kappa shape index (κ3) is 4.05. The van der Waals surface area contributed by atoms with E-state index in [0.29, 0.717) is 18.8 Å². The van der Waals surface area contributed by atoms with Gasteiger partial charge in [0.15, 0.2) is 5.82 Å². The lowest BCUT2D eigenvalue weighted by Crippen LogP contribution is -2.52. The molecule has 2 heterocycles. The number of amides is 3. The smallest absolute Gasteiger partial charge is 0.318 e. The van der Waals surface area contributed by atoms with Crippen molar-refractivity contribution in [3.05, 3.63) is 47.2 Å². The first-order chi connectivity index (χ1) is 16.0. The average Bonchev–Trinajstić information content (AvgIpc) is 3.24. The highest BCUT2D eigenvalue weighted by molar-refractivity contribution is 6.83. The monoisotopic (exact) mass is 483 g/mol. The SMILES string of the molecule is CC1(C)c2[nH]nc(NC(=O)C3([Si](C)(C)C)CCC3)c2CN1C(=O)N[C@H](CCO)c1ccccc1. The van der Waals surface area contributed by atoms with Crippen molar-refractivity contribution >= 4 is 25.8 Å². The van der Waals surface area contributed by atoms with Gasteiger partial charge < -0.3 is 20.6 Å². The molecule has 0 spiro atoms. The number of urea groups is 1. The number of rotatable bonds is 7. The van der Waals surface area contributed by atoms with Crippen LogP contribution < -0.4 is 10.6 Å². The zero-order valence-corrected chi connectivity index (χ0v) is 21.9. The van der Waals surface area contributed by atoms with Crippen LogP contribution in [0.4, 0.5) is 10.6 Å². The lowest BCUT2D eigenvalue weighted by molar-refractivity contribution is -0.121. The fourth-order valence-corrected chi connectivity index (χ4v) is 7.98. The van der Waals surface area contributed by atoms with Crippen LogP contribution in [0.1, 0.15) is 62.4 Å². The molecule has 1 aromatic carbocycles. The van der Waals surface area contributed by atoms with Crippen molar-refractivity contribution in [1.82, 2.24) is 20.4 Å². The van der Waals surface area contributed by atoms with Crippen molar-refractivity contribution in [2.75, 3.05) is 11.9 Å². The Morgan fingerprint density at radius 3 is 2.44 bits per heavy atom. The number of H-pyrrole nitrogens is 1. The molecule has 0 radical (unpaired) electrons. The van der Waals surface area contributed by atoms with Crippen LogP contribution in [-0.4, -0.2) is 46.8 Å². The standard InChI is InChI=1S/C25H37N5O3Si/c1-24(2)20-18(21(29-28-20)27-22(32)25(13-9-14-25)34(3,4)5)16-30(24)23(33)26-19(12-15-31)17-10-7-6-8-11-17/h6-8,10-11,19,31H,9,12-16H2,1-5H3,(H,26,33)(H2,27,28,29,32)/t19-/m1/s1. The van der Waals surface area contributed by atoms with E-state index in [0.717, 1.165) is 36.1 Å². The number of aromatic nitrogens is 2. The van der Waals surface area contributed by atoms with Crippen molar-refractivity contribution in [2.45, 2.75) is 82.3 Å². The summed E-state index contributed by atoms with van der Waals surface area (Å²) in [5, 5.41) is 23.0. The van der Waals surface area contributed by atoms with Crippen LogP contribution in [0.25, 0.3) is 0 Å². The minimum absolute atomic E-state index is 0.0266. The summed E-state index contributed by atoms with van der Waals surface area (Å²) in [6.07, 6.45) is 3.39. The number of nitrogens with one attached hydrogen (secondary N) is 3. The van der Waals surface area contributed by atoms with Crippen LogP contribution in [-0.2, 0) is 16.9 Å². The minimum Gasteiger partial charge on any atom is -0.396 e. The Hall–Kier alpha value is -2.65. The Balaban J connectivity index is 1.52. The van der Waals surface area contributed by atoms with E-state index in [4.69, 9.17) is 0 Å². The average molecular weight is 484 g/mol. The number of anilines is 1. The van der Waals surface area contributed by atoms with Crippen LogP contribution >= 0.6 is 0 Å². The van der Waals surface area contributed by atoms with Gasteiger partial charge in [-0.3, -0.25) is 9.89 Å². The number of fused-ring (bicyclic) bond motifs is 1. The number of aliphatic hydroxyl groups is 1. The van der Waals surface area contributed by atoms with E-state index in [2.05, 4.69) is 40.5 Å². The van der Waals surface area contributed by atoms with E-state index in [-0.39, 0.29) is 29.6 Å². The van der Waals surface area contributed by atoms with Gasteiger partial charge in [-0.05, 0) is 38.7 Å². The molecule has 0 unspecified atom stereocenters. The van der Waals surface area contributed by atoms with Gasteiger partial charge in [0, 0.05) is 17.2 Å². The zero-order valence-electron chi connectivity index (χ0n) is 20.9. The summed E-state index contributed by atoms with van der Waals surface area (Å²) in [6, 6.07) is 9.16. The van der Waals surface area contributed by atoms with Crippen molar-refractivity contribution < 1.29 is 14.7 Å². The Bertz CT molecular complexity index is 1060. The highest BCUT2D eigenvalue weighted by Gasteiger charge is 2.54. The lowest BCUT2D eigenvalue weighted by Gasteiger charge is -2.48. The minimum atomic E-state index is -1.71. The molecule has 8 nitrogen and oxygen atoms in total. The molecule has 1 aliphatic carbocycles. The van der Waals surface area contributed by atoms with E-state index in [9.17, 15) is 14.7 Å². The van der Waals surface area contributed by atoms with Gasteiger partial charge in [-0.15, -0.1) is 0 Å². The second kappa shape index (κ2) is 8.85. The number of hydrogen-bond donors (Lipinski definition) is 4. The van der Waals surface area contributed by atoms with E-state index in [1.54, 1.807) is 4.90 Å². The summed E-state index contributed by atoms with van der Waals surface area (Å²) in [5.74, 6) is 0.600. The normalized spacial score (nSPS) is 19.2. The molecule has 34 heavy (non-hydrogen) atoms. The summed E-state index contributed by atoms with van der Waals surface area (Å²) in [6.45, 7) is 11.0. The van der Waals surface area contributed by atoms with Crippen LogP contribution in [0.5, 0.6) is 0 Å². The number of carbonyl (C=O) groups is 2. The topological polar surface area (TPSA) is 110 Å². The Kier molecular flexibility index (Phi) is 6.37. The quantitative estimate of drug-likeness (QED) is 0.435. The molecule has 1 saturated carbocycles. The predicted octanol–water partition coefficient (Wildman–Crippen LogP) is 4.49. The molecule has 2 aliphatic rings. The molecular weight excluding hydrogens is 446 g/mol. The van der Waals surface area contributed by atoms with Gasteiger partial charge >= 0.3 is 6.03 Å². The summed E-state index contributed by atoms with van der Waals surface area (Å²) in [5.41, 5.74) is 2.03. The molecular formula is C25H37N5O3Si. The molecule has 2 aromatic rings. The number of carbonyl (C=O) groups excluding carboxylic acids is 2. The molecule has 184 valence electrons. The molecule has 4 N–H and O–H groups in total. The van der Waals surface area contributed by atoms with Gasteiger partial charge in [0.05, 0.1) is 31.9 Å². The van der Waals surface area contributed by atoms with E-state index < -0.39 is 13.6 Å². The molecule has 1 fully saturated rings. The second-order valence-corrected chi connectivity index (χ2v) is 16.6. The van der Waals surface area contributed by atoms with Crippen LogP contribution in [0.3, 0.4) is 0 Å². The van der Waals surface area contributed by atoms with Crippen molar-refractivity contribution in [1.29, 1.82) is 0 Å². The van der Waals surface area contributed by atoms with Gasteiger partial charge in [-0.2, -0.15) is 5.10 Å². The second-order valence-electron chi connectivity index (χ2n) is 11.1. The van der Waals surface area contributed by atoms with Crippen LogP contribution in [0, 0.1) is 0 Å². The maximum Gasteiger partial charge on any atom is 0.318 e. The molecule has 1 atom stereocenters. The van der Waals surface area contributed by atoms with Crippen molar-refractivity contribution in [2.24, 2.45) is 0 Å². The van der Waals surface area contributed by atoms with Crippen LogP contribution in [0.15, 0.2) is 30.3 Å². The fourth-order valence-electron chi connectivity index (χ4n) is 5.38. The number of aliphatic hydroxyl groups excluding tert-OH is 1. The largest absolute Gasteiger partial charge is 0.396 e. The van der Waals surface area contributed by atoms with Crippen molar-refractivity contribution in [3.8, 4) is 0 Å². The molecule has 4 rings (SSSR count). The molecule has 1 aromatic heterocycles. The molecule has 0 bridgehead atoms. The Morgan fingerprint density at radius 2 is 1.88 bits per heavy atom. The first-order valence-electron chi connectivity index (χ1n) is 12.1. The van der Waals surface area contributed by atoms with E-state index in [1.807, 2.05) is 44.2 Å². The van der Waals surface area contributed by atoms with Gasteiger partial charge in [-0.25, -0.2) is 4.79 Å². The summed E-state index contributed by atoms with van der Waals surface area (Å²) >= 11 is 0. The van der Waals surface area contributed by atoms with Gasteiger partial charge in [0.25, 0.3) is 0 Å². The molecule has 3 amide bonds. The van der Waals surface area contributed by atoms with E-state index in [1.165, 1.54) is 0 Å². The maximum atomic E-state index is 13.4. The van der Waals surface area contributed by atoms with Gasteiger partial charge in [0.1, 0.15) is 0 Å². The predicted molar refractivity (Wildman–Crippen MR) is 135 cm³/mol. The third-order valence-corrected chi connectivity index (χ3v) is 11.5. The highest BCUT2D eigenvalue weighted by atomic mass is 28.3. The fraction of sp³-hybridized carbons (Fsp3) is 0.560. The third-order valence-electron chi connectivity index (χ3n) is 7.94. The lowest BCUT2D eigenvalue weighted by atomic mass is 9.83.